The molecule has 1 unspecified atom stereocenters. The Hall–Kier alpha value is -4.69. The van der Waals surface area contributed by atoms with Crippen molar-refractivity contribution in [2.75, 3.05) is 33.5 Å². The van der Waals surface area contributed by atoms with Crippen LogP contribution in [0.15, 0.2) is 47.7 Å². The van der Waals surface area contributed by atoms with Crippen molar-refractivity contribution in [2.24, 2.45) is 0 Å². The van der Waals surface area contributed by atoms with Crippen molar-refractivity contribution in [2.45, 2.75) is 44.5 Å². The van der Waals surface area contributed by atoms with Crippen LogP contribution < -0.4 is 10.9 Å². The van der Waals surface area contributed by atoms with E-state index in [0.29, 0.717) is 16.6 Å². The largest absolute Gasteiger partial charge is 0.436 e. The van der Waals surface area contributed by atoms with Gasteiger partial charge in [-0.05, 0) is 49.1 Å². The average Bonchev–Trinajstić information content (AvgIpc) is 3.32. The number of anilines is 1. The van der Waals surface area contributed by atoms with Crippen molar-refractivity contribution in [3.8, 4) is 0 Å². The monoisotopic (exact) mass is 608 g/mol. The highest BCUT2D eigenvalue weighted by molar-refractivity contribution is 5.95. The maximum absolute atomic E-state index is 14.1. The SMILES string of the molecule is CN(C)C(=O)/C=C/CCC(OC(=O)N(C)C)C(=O)Nc1cncn(Cc2cc3cc(F)cc(CCC(F)(F)F)c3[nH]2)c1=O. The third-order valence-electron chi connectivity index (χ3n) is 6.21. The summed E-state index contributed by atoms with van der Waals surface area (Å²) in [6, 6.07) is 3.72. The second kappa shape index (κ2) is 14.0. The summed E-state index contributed by atoms with van der Waals surface area (Å²) in [5.41, 5.74) is -0.0372. The summed E-state index contributed by atoms with van der Waals surface area (Å²) in [4.78, 5) is 59.5. The quantitative estimate of drug-likeness (QED) is 0.252. The van der Waals surface area contributed by atoms with Gasteiger partial charge in [-0.25, -0.2) is 14.2 Å². The predicted octanol–water partition coefficient (Wildman–Crippen LogP) is 3.84. The van der Waals surface area contributed by atoms with E-state index < -0.39 is 48.5 Å². The molecule has 1 aromatic carbocycles. The lowest BCUT2D eigenvalue weighted by atomic mass is 10.1. The molecule has 43 heavy (non-hydrogen) atoms. The van der Waals surface area contributed by atoms with Gasteiger partial charge in [-0.15, -0.1) is 0 Å². The van der Waals surface area contributed by atoms with Gasteiger partial charge < -0.3 is 24.8 Å². The Balaban J connectivity index is 1.79. The van der Waals surface area contributed by atoms with E-state index in [1.165, 1.54) is 49.6 Å². The zero-order valence-corrected chi connectivity index (χ0v) is 24.0. The second-order valence-electron chi connectivity index (χ2n) is 10.1. The Bertz CT molecular complexity index is 1560. The molecule has 11 nitrogen and oxygen atoms in total. The fourth-order valence-electron chi connectivity index (χ4n) is 3.99. The summed E-state index contributed by atoms with van der Waals surface area (Å²) in [5, 5.41) is 2.76. The first-order valence-electron chi connectivity index (χ1n) is 13.1. The zero-order chi connectivity index (χ0) is 31.9. The van der Waals surface area contributed by atoms with E-state index in [-0.39, 0.29) is 36.5 Å². The Morgan fingerprint density at radius 3 is 2.51 bits per heavy atom. The van der Waals surface area contributed by atoms with E-state index in [1.54, 1.807) is 14.1 Å². The van der Waals surface area contributed by atoms with Crippen LogP contribution in [0.3, 0.4) is 0 Å². The van der Waals surface area contributed by atoms with Gasteiger partial charge in [-0.3, -0.25) is 19.0 Å². The molecule has 0 bridgehead atoms. The normalized spacial score (nSPS) is 12.4. The molecule has 2 N–H and O–H groups in total. The number of hydrogen-bond donors (Lipinski definition) is 2. The highest BCUT2D eigenvalue weighted by atomic mass is 19.4. The van der Waals surface area contributed by atoms with Crippen LogP contribution in [0.2, 0.25) is 0 Å². The number of alkyl halides is 3. The number of allylic oxidation sites excluding steroid dienone is 1. The average molecular weight is 609 g/mol. The molecule has 2 heterocycles. The third-order valence-corrected chi connectivity index (χ3v) is 6.21. The van der Waals surface area contributed by atoms with Gasteiger partial charge in [0.05, 0.1) is 19.1 Å². The highest BCUT2D eigenvalue weighted by Crippen LogP contribution is 2.27. The molecule has 3 amide bonds. The maximum Gasteiger partial charge on any atom is 0.410 e. The Morgan fingerprint density at radius 2 is 1.86 bits per heavy atom. The lowest BCUT2D eigenvalue weighted by Gasteiger charge is -2.19. The molecule has 0 fully saturated rings. The summed E-state index contributed by atoms with van der Waals surface area (Å²) < 4.78 is 58.8. The topological polar surface area (TPSA) is 130 Å². The number of benzene rings is 1. The van der Waals surface area contributed by atoms with E-state index in [0.717, 1.165) is 21.7 Å². The van der Waals surface area contributed by atoms with E-state index in [1.807, 2.05) is 0 Å². The van der Waals surface area contributed by atoms with Gasteiger partial charge in [-0.1, -0.05) is 6.08 Å². The summed E-state index contributed by atoms with van der Waals surface area (Å²) in [6.07, 6.45) is -2.67. The number of ether oxygens (including phenoxy) is 1. The molecular weight excluding hydrogens is 576 g/mol. The number of nitrogens with zero attached hydrogens (tertiary/aromatic N) is 4. The van der Waals surface area contributed by atoms with Crippen LogP contribution in [0, 0.1) is 5.82 Å². The number of rotatable bonds is 11. The molecule has 2 aromatic heterocycles. The first kappa shape index (κ1) is 32.8. The Labute approximate surface area is 244 Å². The molecule has 3 aromatic rings. The first-order valence-corrected chi connectivity index (χ1v) is 13.1. The molecule has 0 saturated carbocycles. The highest BCUT2D eigenvalue weighted by Gasteiger charge is 2.27. The van der Waals surface area contributed by atoms with Gasteiger partial charge >= 0.3 is 12.3 Å². The van der Waals surface area contributed by atoms with Crippen molar-refractivity contribution < 1.29 is 36.7 Å². The number of amides is 3. The number of H-pyrrole nitrogens is 1. The third kappa shape index (κ3) is 9.41. The smallest absolute Gasteiger partial charge is 0.410 e. The molecular formula is C28H32F4N6O5. The van der Waals surface area contributed by atoms with Gasteiger partial charge in [0.2, 0.25) is 5.91 Å². The number of carbonyl (C=O) groups excluding carboxylic acids is 3. The minimum atomic E-state index is -4.41. The first-order chi connectivity index (χ1) is 20.1. The van der Waals surface area contributed by atoms with Crippen molar-refractivity contribution in [3.63, 3.8) is 0 Å². The van der Waals surface area contributed by atoms with Crippen LogP contribution in [0.25, 0.3) is 10.9 Å². The predicted molar refractivity (Wildman–Crippen MR) is 150 cm³/mol. The number of nitrogens with one attached hydrogen (secondary N) is 2. The molecule has 0 saturated heterocycles. The van der Waals surface area contributed by atoms with Crippen molar-refractivity contribution in [3.05, 3.63) is 70.3 Å². The van der Waals surface area contributed by atoms with Crippen molar-refractivity contribution in [1.82, 2.24) is 24.3 Å². The number of aromatic nitrogens is 3. The molecule has 0 spiro atoms. The Kier molecular flexibility index (Phi) is 10.7. The minimum absolute atomic E-state index is 0.0133. The van der Waals surface area contributed by atoms with Crippen molar-refractivity contribution >= 4 is 34.5 Å². The van der Waals surface area contributed by atoms with Crippen LogP contribution in [-0.2, 0) is 27.3 Å². The summed E-state index contributed by atoms with van der Waals surface area (Å²) in [6.45, 7) is -0.117. The number of aryl methyl sites for hydroxylation is 1. The summed E-state index contributed by atoms with van der Waals surface area (Å²) >= 11 is 0. The van der Waals surface area contributed by atoms with E-state index in [2.05, 4.69) is 15.3 Å². The Morgan fingerprint density at radius 1 is 1.14 bits per heavy atom. The van der Waals surface area contributed by atoms with Gasteiger partial charge in [0, 0.05) is 51.2 Å². The summed E-state index contributed by atoms with van der Waals surface area (Å²) in [5.74, 6) is -1.75. The molecule has 3 rings (SSSR count). The molecule has 1 atom stereocenters. The molecule has 0 aliphatic carbocycles. The maximum atomic E-state index is 14.1. The van der Waals surface area contributed by atoms with Gasteiger partial charge in [0.1, 0.15) is 11.5 Å². The van der Waals surface area contributed by atoms with Crippen LogP contribution in [0.1, 0.15) is 30.5 Å². The lowest BCUT2D eigenvalue weighted by Crippen LogP contribution is -2.37. The van der Waals surface area contributed by atoms with E-state index in [9.17, 15) is 36.7 Å². The number of aromatic amines is 1. The van der Waals surface area contributed by atoms with Gasteiger partial charge in [0.15, 0.2) is 6.10 Å². The second-order valence-corrected chi connectivity index (χ2v) is 10.1. The molecule has 0 aliphatic heterocycles. The molecule has 0 radical (unpaired) electrons. The molecule has 232 valence electrons. The number of likely N-dealkylation sites (N-methyl/N-ethyl adjacent to an activating group) is 1. The number of carbonyl (C=O) groups is 3. The van der Waals surface area contributed by atoms with E-state index in [4.69, 9.17) is 4.74 Å². The zero-order valence-electron chi connectivity index (χ0n) is 24.0. The minimum Gasteiger partial charge on any atom is -0.436 e. The van der Waals surface area contributed by atoms with Gasteiger partial charge in [0.25, 0.3) is 11.5 Å². The van der Waals surface area contributed by atoms with Crippen LogP contribution in [-0.4, -0.2) is 82.7 Å². The van der Waals surface area contributed by atoms with Crippen LogP contribution in [0.4, 0.5) is 28.0 Å². The molecule has 0 aliphatic rings. The number of fused-ring (bicyclic) bond motifs is 1. The number of hydrogen-bond acceptors (Lipinski definition) is 6. The standard InChI is InChI=1S/C28H32F4N6O5/c1-36(2)23(39)8-6-5-7-22(43-27(42)37(3)4)25(40)35-21-14-33-16-38(26(21)41)15-20-13-18-12-19(29)11-17(24(18)34-20)9-10-28(30,31)32/h6,8,11-14,16,22,34H,5,7,9-10,15H2,1-4H3,(H,35,40)/b8-6+. The summed E-state index contributed by atoms with van der Waals surface area (Å²) in [7, 11) is 6.03. The fourth-order valence-corrected chi connectivity index (χ4v) is 3.99. The van der Waals surface area contributed by atoms with Crippen LogP contribution >= 0.6 is 0 Å². The molecule has 15 heteroatoms. The number of halogens is 4. The van der Waals surface area contributed by atoms with Crippen molar-refractivity contribution in [1.29, 1.82) is 0 Å². The lowest BCUT2D eigenvalue weighted by molar-refractivity contribution is -0.134. The van der Waals surface area contributed by atoms with E-state index >= 15 is 0 Å². The fraction of sp³-hybridized carbons (Fsp3) is 0.393. The van der Waals surface area contributed by atoms with Crippen LogP contribution in [0.5, 0.6) is 0 Å². The van der Waals surface area contributed by atoms with Gasteiger partial charge in [-0.2, -0.15) is 13.2 Å².